The molecule has 1 aromatic rings. The Labute approximate surface area is 157 Å². The summed E-state index contributed by atoms with van der Waals surface area (Å²) < 4.78 is 6.96. The molecule has 2 heterocycles. The van der Waals surface area contributed by atoms with E-state index in [-0.39, 0.29) is 5.60 Å². The maximum atomic E-state index is 9.59. The van der Waals surface area contributed by atoms with E-state index in [1.165, 1.54) is 50.5 Å². The van der Waals surface area contributed by atoms with Crippen molar-refractivity contribution < 1.29 is 9.84 Å². The van der Waals surface area contributed by atoms with Gasteiger partial charge < -0.3 is 15.2 Å². The number of benzene rings is 1. The molecule has 2 aliphatic heterocycles. The Balaban J connectivity index is 1.40. The lowest BCUT2D eigenvalue weighted by Gasteiger charge is -2.50. The van der Waals surface area contributed by atoms with Crippen LogP contribution in [-0.4, -0.2) is 29.4 Å². The minimum absolute atomic E-state index is 0.0876. The first-order valence-electron chi connectivity index (χ1n) is 10.7. The van der Waals surface area contributed by atoms with Gasteiger partial charge in [0.05, 0.1) is 11.7 Å². The van der Waals surface area contributed by atoms with E-state index in [0.29, 0.717) is 35.1 Å². The third-order valence-electron chi connectivity index (χ3n) is 8.76. The molecule has 4 aliphatic rings. The van der Waals surface area contributed by atoms with Gasteiger partial charge in [0.15, 0.2) is 0 Å². The van der Waals surface area contributed by atoms with Gasteiger partial charge in [0.25, 0.3) is 0 Å². The normalized spacial score (nSPS) is 47.7. The van der Waals surface area contributed by atoms with Crippen LogP contribution >= 0.6 is 0 Å². The number of ether oxygens (including phenoxy) is 1. The van der Waals surface area contributed by atoms with E-state index in [1.54, 1.807) is 0 Å². The van der Waals surface area contributed by atoms with Gasteiger partial charge in [0, 0.05) is 12.0 Å². The van der Waals surface area contributed by atoms with Crippen molar-refractivity contribution in [2.24, 2.45) is 17.3 Å². The minimum atomic E-state index is 0.0876. The van der Waals surface area contributed by atoms with Crippen molar-refractivity contribution in [3.05, 3.63) is 29.8 Å². The maximum Gasteiger partial charge on any atom is 0.115 e. The van der Waals surface area contributed by atoms with Gasteiger partial charge in [-0.2, -0.15) is 0 Å². The molecule has 3 nitrogen and oxygen atoms in total. The van der Waals surface area contributed by atoms with Crippen molar-refractivity contribution in [1.82, 2.24) is 5.32 Å². The summed E-state index contributed by atoms with van der Waals surface area (Å²) >= 11 is 0. The van der Waals surface area contributed by atoms with Gasteiger partial charge in [-0.1, -0.05) is 26.0 Å². The zero-order valence-electron chi connectivity index (χ0n) is 16.2. The van der Waals surface area contributed by atoms with Crippen LogP contribution in [-0.2, 0) is 4.74 Å². The van der Waals surface area contributed by atoms with Crippen LogP contribution in [0.15, 0.2) is 24.3 Å². The zero-order chi connectivity index (χ0) is 17.9. The summed E-state index contributed by atoms with van der Waals surface area (Å²) in [7, 11) is 0. The van der Waals surface area contributed by atoms with Gasteiger partial charge in [-0.15, -0.1) is 0 Å². The fourth-order valence-corrected chi connectivity index (χ4v) is 7.24. The second kappa shape index (κ2) is 5.97. The molecule has 3 heteroatoms. The van der Waals surface area contributed by atoms with Crippen molar-refractivity contribution in [2.45, 2.75) is 82.5 Å². The molecule has 1 aromatic carbocycles. The topological polar surface area (TPSA) is 41.5 Å². The maximum absolute atomic E-state index is 9.59. The molecule has 0 amide bonds. The number of hydrogen-bond acceptors (Lipinski definition) is 3. The van der Waals surface area contributed by atoms with Crippen LogP contribution in [0, 0.1) is 17.3 Å². The minimum Gasteiger partial charge on any atom is -0.508 e. The zero-order valence-corrected chi connectivity index (χ0v) is 16.2. The lowest BCUT2D eigenvalue weighted by atomic mass is 9.57. The number of phenolic OH excluding ortho intramolecular Hbond substituents is 1. The highest BCUT2D eigenvalue weighted by Gasteiger charge is 2.67. The van der Waals surface area contributed by atoms with E-state index in [9.17, 15) is 5.11 Å². The molecule has 2 aliphatic carbocycles. The van der Waals surface area contributed by atoms with E-state index in [1.807, 2.05) is 12.1 Å². The lowest BCUT2D eigenvalue weighted by Crippen LogP contribution is -2.52. The molecule has 2 saturated heterocycles. The van der Waals surface area contributed by atoms with E-state index in [4.69, 9.17) is 4.74 Å². The van der Waals surface area contributed by atoms with Gasteiger partial charge in [-0.3, -0.25) is 0 Å². The highest BCUT2D eigenvalue weighted by molar-refractivity contribution is 5.30. The van der Waals surface area contributed by atoms with Crippen LogP contribution in [0.25, 0.3) is 0 Å². The SMILES string of the molecule is C[C@@H]1[C@@H]2NCCC[C@H]2O[C@]12CC[C@H]1C[C@@H](c3ccc(O)cc3)CC[C@@]12C. The third kappa shape index (κ3) is 2.26. The summed E-state index contributed by atoms with van der Waals surface area (Å²) in [5.74, 6) is 2.39. The highest BCUT2D eigenvalue weighted by Crippen LogP contribution is 2.66. The van der Waals surface area contributed by atoms with Crippen LogP contribution in [0.3, 0.4) is 0 Å². The van der Waals surface area contributed by atoms with Gasteiger partial charge >= 0.3 is 0 Å². The first-order chi connectivity index (χ1) is 12.5. The number of phenols is 1. The van der Waals surface area contributed by atoms with Crippen molar-refractivity contribution in [2.75, 3.05) is 6.54 Å². The molecule has 142 valence electrons. The van der Waals surface area contributed by atoms with E-state index >= 15 is 0 Å². The summed E-state index contributed by atoms with van der Waals surface area (Å²) in [4.78, 5) is 0. The largest absolute Gasteiger partial charge is 0.508 e. The van der Waals surface area contributed by atoms with Gasteiger partial charge in [0.2, 0.25) is 0 Å². The first-order valence-corrected chi connectivity index (χ1v) is 10.7. The van der Waals surface area contributed by atoms with Crippen LogP contribution in [0.1, 0.15) is 70.3 Å². The molecule has 2 N–H and O–H groups in total. The summed E-state index contributed by atoms with van der Waals surface area (Å²) in [6.45, 7) is 6.17. The molecule has 1 spiro atoms. The quantitative estimate of drug-likeness (QED) is 0.773. The van der Waals surface area contributed by atoms with Crippen molar-refractivity contribution >= 4 is 0 Å². The second-order valence-corrected chi connectivity index (χ2v) is 9.67. The fraction of sp³-hybridized carbons (Fsp3) is 0.739. The molecule has 7 atom stereocenters. The summed E-state index contributed by atoms with van der Waals surface area (Å²) in [6, 6.07) is 8.51. The number of nitrogens with one attached hydrogen (secondary N) is 1. The number of aromatic hydroxyl groups is 1. The Hall–Kier alpha value is -1.06. The summed E-state index contributed by atoms with van der Waals surface area (Å²) in [6.07, 6.45) is 9.28. The first kappa shape index (κ1) is 17.1. The smallest absolute Gasteiger partial charge is 0.115 e. The standard InChI is InChI=1S/C23H33NO2/c1-15-21-20(4-3-13-24-21)26-23(15)12-10-18-14-17(9-11-22(18,23)2)16-5-7-19(25)8-6-16/h5-8,15,17-18,20-21,24-25H,3-4,9-14H2,1-2H3/t15-,17+,18+,20-,21+,22+,23-/m1/s1. The number of fused-ring (bicyclic) bond motifs is 3. The van der Waals surface area contributed by atoms with E-state index in [2.05, 4.69) is 31.3 Å². The summed E-state index contributed by atoms with van der Waals surface area (Å²) in [5, 5.41) is 13.4. The van der Waals surface area contributed by atoms with Gasteiger partial charge in [-0.05, 0) is 86.4 Å². The number of piperidine rings is 1. The van der Waals surface area contributed by atoms with E-state index < -0.39 is 0 Å². The van der Waals surface area contributed by atoms with Crippen molar-refractivity contribution in [3.8, 4) is 5.75 Å². The monoisotopic (exact) mass is 355 g/mol. The molecule has 0 bridgehead atoms. The third-order valence-corrected chi connectivity index (χ3v) is 8.76. The second-order valence-electron chi connectivity index (χ2n) is 9.67. The van der Waals surface area contributed by atoms with Crippen molar-refractivity contribution in [1.29, 1.82) is 0 Å². The predicted octanol–water partition coefficient (Wildman–Crippen LogP) is 4.60. The lowest BCUT2D eigenvalue weighted by molar-refractivity contribution is -0.143. The average Bonchev–Trinajstić information content (AvgIpc) is 3.11. The number of rotatable bonds is 1. The highest BCUT2D eigenvalue weighted by atomic mass is 16.5. The van der Waals surface area contributed by atoms with Crippen LogP contribution in [0.4, 0.5) is 0 Å². The fourth-order valence-electron chi connectivity index (χ4n) is 7.24. The van der Waals surface area contributed by atoms with E-state index in [0.717, 1.165) is 12.5 Å². The average molecular weight is 356 g/mol. The van der Waals surface area contributed by atoms with Crippen LogP contribution in [0.5, 0.6) is 5.75 Å². The molecule has 5 rings (SSSR count). The molecule has 0 aromatic heterocycles. The Bertz CT molecular complexity index is 673. The Morgan fingerprint density at radius 2 is 1.92 bits per heavy atom. The molecule has 26 heavy (non-hydrogen) atoms. The van der Waals surface area contributed by atoms with Gasteiger partial charge in [-0.25, -0.2) is 0 Å². The van der Waals surface area contributed by atoms with Crippen LogP contribution < -0.4 is 5.32 Å². The molecule has 0 radical (unpaired) electrons. The number of hydrogen-bond donors (Lipinski definition) is 2. The predicted molar refractivity (Wildman–Crippen MR) is 103 cm³/mol. The molecular weight excluding hydrogens is 322 g/mol. The van der Waals surface area contributed by atoms with Gasteiger partial charge in [0.1, 0.15) is 5.75 Å². The molecular formula is C23H33NO2. The van der Waals surface area contributed by atoms with Crippen molar-refractivity contribution in [3.63, 3.8) is 0 Å². The molecule has 4 fully saturated rings. The summed E-state index contributed by atoms with van der Waals surface area (Å²) in [5.41, 5.74) is 1.81. The van der Waals surface area contributed by atoms with Crippen LogP contribution in [0.2, 0.25) is 0 Å². The molecule has 0 unspecified atom stereocenters. The Morgan fingerprint density at radius 1 is 1.12 bits per heavy atom. The Kier molecular flexibility index (Phi) is 3.92. The molecule has 2 saturated carbocycles. The Morgan fingerprint density at radius 3 is 2.69 bits per heavy atom.